The number of nitrogens with one attached hydrogen (secondary N) is 2. The standard InChI is InChI=1S/C12H15N3S.ClH/c1-7-12(16-8(2)14-7)11-5-9-6-13-4-3-10(9)15-11;/h5,13,15H,3-4,6H2,1-2H3;1H. The molecule has 0 radical (unpaired) electrons. The van der Waals surface area contributed by atoms with Crippen LogP contribution in [0.4, 0.5) is 0 Å². The van der Waals surface area contributed by atoms with E-state index < -0.39 is 0 Å². The summed E-state index contributed by atoms with van der Waals surface area (Å²) in [6.07, 6.45) is 1.10. The molecule has 0 unspecified atom stereocenters. The first-order valence-electron chi connectivity index (χ1n) is 5.60. The Morgan fingerprint density at radius 3 is 2.82 bits per heavy atom. The van der Waals surface area contributed by atoms with Crippen LogP contribution in [0.25, 0.3) is 10.6 Å². The molecule has 0 saturated carbocycles. The molecular weight excluding hydrogens is 254 g/mol. The van der Waals surface area contributed by atoms with Crippen molar-refractivity contribution < 1.29 is 0 Å². The van der Waals surface area contributed by atoms with Gasteiger partial charge in [-0.1, -0.05) is 0 Å². The summed E-state index contributed by atoms with van der Waals surface area (Å²) < 4.78 is 0. The first-order chi connectivity index (χ1) is 7.74. The highest BCUT2D eigenvalue weighted by molar-refractivity contribution is 7.15. The summed E-state index contributed by atoms with van der Waals surface area (Å²) in [4.78, 5) is 9.30. The Morgan fingerprint density at radius 1 is 1.35 bits per heavy atom. The Balaban J connectivity index is 0.00000108. The number of rotatable bonds is 1. The zero-order valence-corrected chi connectivity index (χ0v) is 11.6. The predicted molar refractivity (Wildman–Crippen MR) is 74.0 cm³/mol. The first kappa shape index (κ1) is 12.6. The number of hydrogen-bond donors (Lipinski definition) is 2. The lowest BCUT2D eigenvalue weighted by Gasteiger charge is -2.11. The van der Waals surface area contributed by atoms with Crippen molar-refractivity contribution >= 4 is 23.7 Å². The van der Waals surface area contributed by atoms with Crippen LogP contribution in [0.5, 0.6) is 0 Å². The van der Waals surface area contributed by atoms with Crippen molar-refractivity contribution in [3.05, 3.63) is 28.0 Å². The monoisotopic (exact) mass is 269 g/mol. The summed E-state index contributed by atoms with van der Waals surface area (Å²) in [6.45, 7) is 6.21. The zero-order valence-electron chi connectivity index (χ0n) is 9.96. The third-order valence-corrected chi connectivity index (χ3v) is 4.11. The Labute approximate surface area is 111 Å². The van der Waals surface area contributed by atoms with Gasteiger partial charge in [0.25, 0.3) is 0 Å². The topological polar surface area (TPSA) is 40.7 Å². The molecule has 3 nitrogen and oxygen atoms in total. The molecule has 0 fully saturated rings. The smallest absolute Gasteiger partial charge is 0.0904 e. The Hall–Kier alpha value is -0.840. The maximum Gasteiger partial charge on any atom is 0.0904 e. The zero-order chi connectivity index (χ0) is 11.1. The van der Waals surface area contributed by atoms with Gasteiger partial charge < -0.3 is 10.3 Å². The van der Waals surface area contributed by atoms with Crippen LogP contribution in [0.1, 0.15) is 22.0 Å². The van der Waals surface area contributed by atoms with Crippen molar-refractivity contribution in [2.75, 3.05) is 6.54 Å². The normalized spacial score (nSPS) is 14.2. The van der Waals surface area contributed by atoms with Gasteiger partial charge in [-0.2, -0.15) is 0 Å². The highest BCUT2D eigenvalue weighted by Crippen LogP contribution is 2.31. The number of halogens is 1. The van der Waals surface area contributed by atoms with Crippen LogP contribution in [0.3, 0.4) is 0 Å². The van der Waals surface area contributed by atoms with E-state index in [4.69, 9.17) is 0 Å². The van der Waals surface area contributed by atoms with Crippen LogP contribution in [-0.2, 0) is 13.0 Å². The average molecular weight is 270 g/mol. The average Bonchev–Trinajstić information content (AvgIpc) is 2.81. The van der Waals surface area contributed by atoms with Gasteiger partial charge in [0.05, 0.1) is 21.3 Å². The lowest BCUT2D eigenvalue weighted by molar-refractivity contribution is 0.638. The summed E-state index contributed by atoms with van der Waals surface area (Å²) in [5, 5.41) is 4.53. The molecule has 17 heavy (non-hydrogen) atoms. The van der Waals surface area contributed by atoms with Crippen molar-refractivity contribution in [2.45, 2.75) is 26.8 Å². The second-order valence-corrected chi connectivity index (χ2v) is 5.46. The molecular formula is C12H16ClN3S. The first-order valence-corrected chi connectivity index (χ1v) is 6.41. The Kier molecular flexibility index (Phi) is 3.56. The number of aromatic nitrogens is 2. The fourth-order valence-electron chi connectivity index (χ4n) is 2.26. The fourth-order valence-corrected chi connectivity index (χ4v) is 3.15. The van der Waals surface area contributed by atoms with E-state index in [1.165, 1.54) is 21.8 Å². The van der Waals surface area contributed by atoms with Crippen molar-refractivity contribution in [1.29, 1.82) is 0 Å². The van der Waals surface area contributed by atoms with E-state index in [-0.39, 0.29) is 12.4 Å². The Bertz CT molecular complexity index is 506. The summed E-state index contributed by atoms with van der Waals surface area (Å²) in [6, 6.07) is 2.27. The van der Waals surface area contributed by atoms with Crippen LogP contribution < -0.4 is 5.32 Å². The molecule has 0 amide bonds. The number of aromatic amines is 1. The van der Waals surface area contributed by atoms with Crippen LogP contribution in [0.15, 0.2) is 6.07 Å². The summed E-state index contributed by atoms with van der Waals surface area (Å²) in [5.74, 6) is 0. The van der Waals surface area contributed by atoms with Crippen LogP contribution >= 0.6 is 23.7 Å². The second kappa shape index (κ2) is 4.80. The van der Waals surface area contributed by atoms with Gasteiger partial charge in [-0.15, -0.1) is 23.7 Å². The molecule has 2 aromatic heterocycles. The predicted octanol–water partition coefficient (Wildman–Crippen LogP) is 2.82. The number of fused-ring (bicyclic) bond motifs is 1. The van der Waals surface area contributed by atoms with Gasteiger partial charge in [0, 0.05) is 25.2 Å². The molecule has 0 atom stereocenters. The number of thiazole rings is 1. The molecule has 1 aliphatic rings. The Morgan fingerprint density at radius 2 is 2.18 bits per heavy atom. The molecule has 2 N–H and O–H groups in total. The van der Waals surface area contributed by atoms with E-state index in [0.29, 0.717) is 0 Å². The van der Waals surface area contributed by atoms with E-state index in [1.807, 2.05) is 0 Å². The van der Waals surface area contributed by atoms with Crippen LogP contribution in [0.2, 0.25) is 0 Å². The van der Waals surface area contributed by atoms with E-state index in [0.717, 1.165) is 30.2 Å². The maximum atomic E-state index is 4.48. The highest BCUT2D eigenvalue weighted by Gasteiger charge is 2.15. The molecule has 0 aromatic carbocycles. The SMILES string of the molecule is Cc1nc(C)c(-c2cc3c([nH]2)CCNC3)s1.Cl. The van der Waals surface area contributed by atoms with Gasteiger partial charge in [0.1, 0.15) is 0 Å². The lowest BCUT2D eigenvalue weighted by Crippen LogP contribution is -2.22. The van der Waals surface area contributed by atoms with Crippen LogP contribution in [-0.4, -0.2) is 16.5 Å². The van der Waals surface area contributed by atoms with E-state index in [9.17, 15) is 0 Å². The molecule has 92 valence electrons. The molecule has 0 spiro atoms. The molecule has 3 heterocycles. The largest absolute Gasteiger partial charge is 0.357 e. The number of nitrogens with zero attached hydrogens (tertiary/aromatic N) is 1. The van der Waals surface area contributed by atoms with Gasteiger partial charge in [-0.25, -0.2) is 4.98 Å². The van der Waals surface area contributed by atoms with Gasteiger partial charge in [0.15, 0.2) is 0 Å². The van der Waals surface area contributed by atoms with E-state index in [2.05, 4.69) is 35.2 Å². The van der Waals surface area contributed by atoms with Crippen molar-refractivity contribution in [3.8, 4) is 10.6 Å². The van der Waals surface area contributed by atoms with Gasteiger partial charge in [0.2, 0.25) is 0 Å². The van der Waals surface area contributed by atoms with Crippen molar-refractivity contribution in [2.24, 2.45) is 0 Å². The van der Waals surface area contributed by atoms with Gasteiger partial charge in [-0.05, 0) is 25.5 Å². The molecule has 3 rings (SSSR count). The number of hydrogen-bond acceptors (Lipinski definition) is 3. The van der Waals surface area contributed by atoms with E-state index >= 15 is 0 Å². The second-order valence-electron chi connectivity index (χ2n) is 4.26. The number of H-pyrrole nitrogens is 1. The summed E-state index contributed by atoms with van der Waals surface area (Å²) >= 11 is 1.77. The molecule has 1 aliphatic heterocycles. The minimum atomic E-state index is 0. The molecule has 0 saturated heterocycles. The summed E-state index contributed by atoms with van der Waals surface area (Å²) in [5.41, 5.74) is 5.16. The fraction of sp³-hybridized carbons (Fsp3) is 0.417. The molecule has 0 bridgehead atoms. The van der Waals surface area contributed by atoms with Gasteiger partial charge in [-0.3, -0.25) is 0 Å². The lowest BCUT2D eigenvalue weighted by atomic mass is 10.1. The maximum absolute atomic E-state index is 4.48. The molecule has 2 aromatic rings. The van der Waals surface area contributed by atoms with E-state index in [1.54, 1.807) is 11.3 Å². The third kappa shape index (κ3) is 2.25. The van der Waals surface area contributed by atoms with Gasteiger partial charge >= 0.3 is 0 Å². The molecule has 5 heteroatoms. The molecule has 0 aliphatic carbocycles. The minimum Gasteiger partial charge on any atom is -0.357 e. The number of aryl methyl sites for hydroxylation is 2. The highest BCUT2D eigenvalue weighted by atomic mass is 35.5. The minimum absolute atomic E-state index is 0. The van der Waals surface area contributed by atoms with Crippen molar-refractivity contribution in [3.63, 3.8) is 0 Å². The van der Waals surface area contributed by atoms with Crippen LogP contribution in [0, 0.1) is 13.8 Å². The third-order valence-electron chi connectivity index (χ3n) is 3.01. The summed E-state index contributed by atoms with van der Waals surface area (Å²) in [7, 11) is 0. The quantitative estimate of drug-likeness (QED) is 0.836. The van der Waals surface area contributed by atoms with Crippen molar-refractivity contribution in [1.82, 2.24) is 15.3 Å².